The lowest BCUT2D eigenvalue weighted by Gasteiger charge is -2.24. The first-order valence-corrected chi connectivity index (χ1v) is 8.14. The predicted molar refractivity (Wildman–Crippen MR) is 96.9 cm³/mol. The fourth-order valence-corrected chi connectivity index (χ4v) is 2.89. The SMILES string of the molecule is Cn1nnc2c(N(Cc3ccccc3)Cc3ccccc3)ncnc21. The molecule has 0 radical (unpaired) electrons. The van der Waals surface area contributed by atoms with E-state index in [0.29, 0.717) is 0 Å². The zero-order chi connectivity index (χ0) is 17.1. The van der Waals surface area contributed by atoms with Crippen molar-refractivity contribution in [1.29, 1.82) is 0 Å². The molecule has 124 valence electrons. The van der Waals surface area contributed by atoms with Crippen LogP contribution in [-0.4, -0.2) is 25.0 Å². The van der Waals surface area contributed by atoms with Gasteiger partial charge in [-0.05, 0) is 11.1 Å². The van der Waals surface area contributed by atoms with Gasteiger partial charge in [-0.3, -0.25) is 0 Å². The molecule has 0 fully saturated rings. The quantitative estimate of drug-likeness (QED) is 0.563. The summed E-state index contributed by atoms with van der Waals surface area (Å²) in [6.45, 7) is 1.47. The van der Waals surface area contributed by atoms with Crippen LogP contribution in [0.1, 0.15) is 11.1 Å². The molecule has 0 atom stereocenters. The molecule has 0 amide bonds. The maximum atomic E-state index is 4.51. The van der Waals surface area contributed by atoms with Crippen molar-refractivity contribution in [2.75, 3.05) is 4.90 Å². The van der Waals surface area contributed by atoms with Gasteiger partial charge in [0.15, 0.2) is 17.0 Å². The molecule has 0 bridgehead atoms. The second-order valence-corrected chi connectivity index (χ2v) is 5.91. The van der Waals surface area contributed by atoms with Crippen LogP contribution in [0.4, 0.5) is 5.82 Å². The summed E-state index contributed by atoms with van der Waals surface area (Å²) in [6.07, 6.45) is 1.57. The summed E-state index contributed by atoms with van der Waals surface area (Å²) < 4.78 is 1.67. The van der Waals surface area contributed by atoms with Gasteiger partial charge in [0.1, 0.15) is 6.33 Å². The Morgan fingerprint density at radius 2 is 1.44 bits per heavy atom. The highest BCUT2D eigenvalue weighted by molar-refractivity contribution is 5.82. The lowest BCUT2D eigenvalue weighted by atomic mass is 10.1. The van der Waals surface area contributed by atoms with E-state index in [-0.39, 0.29) is 0 Å². The molecule has 0 saturated heterocycles. The van der Waals surface area contributed by atoms with Crippen molar-refractivity contribution in [2.24, 2.45) is 7.05 Å². The monoisotopic (exact) mass is 330 g/mol. The van der Waals surface area contributed by atoms with Gasteiger partial charge in [0.25, 0.3) is 0 Å². The Labute approximate surface area is 145 Å². The van der Waals surface area contributed by atoms with Crippen LogP contribution in [0.5, 0.6) is 0 Å². The molecule has 0 spiro atoms. The molecule has 6 heteroatoms. The highest BCUT2D eigenvalue weighted by Crippen LogP contribution is 2.24. The Morgan fingerprint density at radius 3 is 2.04 bits per heavy atom. The highest BCUT2D eigenvalue weighted by Gasteiger charge is 2.17. The largest absolute Gasteiger partial charge is 0.346 e. The molecule has 0 N–H and O–H groups in total. The zero-order valence-corrected chi connectivity index (χ0v) is 13.9. The van der Waals surface area contributed by atoms with Gasteiger partial charge in [-0.25, -0.2) is 14.6 Å². The molecule has 4 aromatic rings. The Kier molecular flexibility index (Phi) is 4.08. The number of hydrogen-bond donors (Lipinski definition) is 0. The van der Waals surface area contributed by atoms with Gasteiger partial charge in [-0.15, -0.1) is 5.10 Å². The smallest absolute Gasteiger partial charge is 0.183 e. The van der Waals surface area contributed by atoms with Crippen LogP contribution in [0.3, 0.4) is 0 Å². The Hall–Kier alpha value is -3.28. The molecule has 0 aliphatic carbocycles. The van der Waals surface area contributed by atoms with Crippen molar-refractivity contribution < 1.29 is 0 Å². The molecule has 0 aliphatic rings. The Morgan fingerprint density at radius 1 is 0.840 bits per heavy atom. The van der Waals surface area contributed by atoms with E-state index in [4.69, 9.17) is 0 Å². The number of fused-ring (bicyclic) bond motifs is 1. The average Bonchev–Trinajstić information content (AvgIpc) is 3.04. The first-order chi connectivity index (χ1) is 12.3. The van der Waals surface area contributed by atoms with Gasteiger partial charge in [0, 0.05) is 20.1 Å². The van der Waals surface area contributed by atoms with E-state index in [0.717, 1.165) is 30.1 Å². The maximum Gasteiger partial charge on any atom is 0.183 e. The topological polar surface area (TPSA) is 59.7 Å². The van der Waals surface area contributed by atoms with Crippen LogP contribution in [-0.2, 0) is 20.1 Å². The normalized spacial score (nSPS) is 10.9. The standard InChI is InChI=1S/C19H18N6/c1-24-18-17(22-23-24)19(21-14-20-18)25(12-15-8-4-2-5-9-15)13-16-10-6-3-7-11-16/h2-11,14H,12-13H2,1H3. The van der Waals surface area contributed by atoms with Crippen molar-refractivity contribution in [3.63, 3.8) is 0 Å². The summed E-state index contributed by atoms with van der Waals surface area (Å²) in [5.74, 6) is 0.797. The van der Waals surface area contributed by atoms with E-state index in [1.807, 2.05) is 43.4 Å². The summed E-state index contributed by atoms with van der Waals surface area (Å²) in [7, 11) is 1.84. The van der Waals surface area contributed by atoms with Crippen LogP contribution >= 0.6 is 0 Å². The molecular formula is C19H18N6. The minimum absolute atomic E-state index is 0.719. The minimum Gasteiger partial charge on any atom is -0.346 e. The Bertz CT molecular complexity index is 924. The molecule has 0 unspecified atom stereocenters. The summed E-state index contributed by atoms with van der Waals surface area (Å²) >= 11 is 0. The van der Waals surface area contributed by atoms with Crippen molar-refractivity contribution in [1.82, 2.24) is 25.0 Å². The van der Waals surface area contributed by atoms with Crippen LogP contribution in [0, 0.1) is 0 Å². The fraction of sp³-hybridized carbons (Fsp3) is 0.158. The number of anilines is 1. The second kappa shape index (κ2) is 6.68. The number of nitrogens with zero attached hydrogens (tertiary/aromatic N) is 6. The number of benzene rings is 2. The summed E-state index contributed by atoms with van der Waals surface area (Å²) in [5.41, 5.74) is 3.89. The van der Waals surface area contributed by atoms with Crippen LogP contribution in [0.25, 0.3) is 11.2 Å². The molecule has 0 aliphatic heterocycles. The molecule has 2 heterocycles. The third-order valence-corrected chi connectivity index (χ3v) is 4.10. The molecule has 2 aromatic carbocycles. The summed E-state index contributed by atoms with van der Waals surface area (Å²) in [6, 6.07) is 20.7. The van der Waals surface area contributed by atoms with E-state index in [2.05, 4.69) is 49.4 Å². The van der Waals surface area contributed by atoms with Gasteiger partial charge in [0.2, 0.25) is 0 Å². The first-order valence-electron chi connectivity index (χ1n) is 8.14. The average molecular weight is 330 g/mol. The van der Waals surface area contributed by atoms with Crippen molar-refractivity contribution >= 4 is 17.0 Å². The van der Waals surface area contributed by atoms with Gasteiger partial charge < -0.3 is 4.90 Å². The lowest BCUT2D eigenvalue weighted by Crippen LogP contribution is -2.23. The van der Waals surface area contributed by atoms with Crippen LogP contribution < -0.4 is 4.90 Å². The van der Waals surface area contributed by atoms with Gasteiger partial charge in [0.05, 0.1) is 0 Å². The molecule has 4 rings (SSSR count). The second-order valence-electron chi connectivity index (χ2n) is 5.91. The highest BCUT2D eigenvalue weighted by atomic mass is 15.4. The molecule has 25 heavy (non-hydrogen) atoms. The molecule has 2 aromatic heterocycles. The van der Waals surface area contributed by atoms with Crippen molar-refractivity contribution in [3.05, 3.63) is 78.1 Å². The van der Waals surface area contributed by atoms with Gasteiger partial charge >= 0.3 is 0 Å². The van der Waals surface area contributed by atoms with E-state index in [1.165, 1.54) is 11.1 Å². The summed E-state index contributed by atoms with van der Waals surface area (Å²) in [5, 5.41) is 8.36. The zero-order valence-electron chi connectivity index (χ0n) is 13.9. The lowest BCUT2D eigenvalue weighted by molar-refractivity contribution is 0.729. The fourth-order valence-electron chi connectivity index (χ4n) is 2.89. The third-order valence-electron chi connectivity index (χ3n) is 4.10. The number of aryl methyl sites for hydroxylation is 1. The van der Waals surface area contributed by atoms with Gasteiger partial charge in [-0.1, -0.05) is 65.9 Å². The molecular weight excluding hydrogens is 312 g/mol. The first kappa shape index (κ1) is 15.3. The van der Waals surface area contributed by atoms with Crippen LogP contribution in [0.15, 0.2) is 67.0 Å². The van der Waals surface area contributed by atoms with Crippen molar-refractivity contribution in [3.8, 4) is 0 Å². The van der Waals surface area contributed by atoms with E-state index in [1.54, 1.807) is 11.0 Å². The Balaban J connectivity index is 1.76. The minimum atomic E-state index is 0.719. The maximum absolute atomic E-state index is 4.51. The number of aromatic nitrogens is 5. The predicted octanol–water partition coefficient (Wildman–Crippen LogP) is 2.97. The number of rotatable bonds is 5. The van der Waals surface area contributed by atoms with E-state index >= 15 is 0 Å². The summed E-state index contributed by atoms with van der Waals surface area (Å²) in [4.78, 5) is 11.0. The van der Waals surface area contributed by atoms with Gasteiger partial charge in [-0.2, -0.15) is 0 Å². The van der Waals surface area contributed by atoms with Crippen molar-refractivity contribution in [2.45, 2.75) is 13.1 Å². The van der Waals surface area contributed by atoms with Crippen LogP contribution in [0.2, 0.25) is 0 Å². The van der Waals surface area contributed by atoms with E-state index in [9.17, 15) is 0 Å². The molecule has 0 saturated carbocycles. The van der Waals surface area contributed by atoms with E-state index < -0.39 is 0 Å². The number of hydrogen-bond acceptors (Lipinski definition) is 5. The third kappa shape index (κ3) is 3.19. The molecule has 6 nitrogen and oxygen atoms in total.